The van der Waals surface area contributed by atoms with Gasteiger partial charge in [0.1, 0.15) is 8.24 Å². The molecular weight excluding hydrogens is 186 g/mol. The van der Waals surface area contributed by atoms with Crippen LogP contribution in [-0.4, -0.2) is 14.8 Å². The van der Waals surface area contributed by atoms with Crippen molar-refractivity contribution in [3.05, 3.63) is 35.9 Å². The zero-order valence-corrected chi connectivity index (χ0v) is 10.7. The number of rotatable bonds is 4. The minimum absolute atomic E-state index is 0.614. The lowest BCUT2D eigenvalue weighted by Gasteiger charge is -2.21. The summed E-state index contributed by atoms with van der Waals surface area (Å²) in [6.45, 7) is 10.4. The van der Waals surface area contributed by atoms with E-state index in [4.69, 9.17) is 0 Å². The van der Waals surface area contributed by atoms with E-state index in [1.165, 1.54) is 5.56 Å². The number of hydrogen-bond donors (Lipinski definition) is 1. The van der Waals surface area contributed by atoms with Crippen molar-refractivity contribution >= 4 is 8.24 Å². The van der Waals surface area contributed by atoms with Crippen LogP contribution in [0.25, 0.3) is 0 Å². The molecular formula is C12H21NSi. The SMILES string of the molecule is CC(CN[Si](C)(C)C)c1ccccc1. The molecule has 14 heavy (non-hydrogen) atoms. The first kappa shape index (κ1) is 11.5. The molecule has 0 amide bonds. The van der Waals surface area contributed by atoms with Gasteiger partial charge in [-0.05, 0) is 18.0 Å². The molecule has 1 rings (SSSR count). The molecule has 1 aromatic carbocycles. The average molecular weight is 207 g/mol. The summed E-state index contributed by atoms with van der Waals surface area (Å²) >= 11 is 0. The van der Waals surface area contributed by atoms with Crippen LogP contribution in [0.1, 0.15) is 18.4 Å². The quantitative estimate of drug-likeness (QED) is 0.748. The van der Waals surface area contributed by atoms with E-state index in [-0.39, 0.29) is 0 Å². The molecule has 0 aromatic heterocycles. The minimum atomic E-state index is -1.10. The Kier molecular flexibility index (Phi) is 3.90. The van der Waals surface area contributed by atoms with Crippen LogP contribution in [0.4, 0.5) is 0 Å². The molecule has 1 atom stereocenters. The molecule has 0 saturated carbocycles. The highest BCUT2D eigenvalue weighted by atomic mass is 28.3. The van der Waals surface area contributed by atoms with Gasteiger partial charge in [-0.15, -0.1) is 0 Å². The summed E-state index contributed by atoms with van der Waals surface area (Å²) in [5.74, 6) is 0.614. The van der Waals surface area contributed by atoms with Crippen molar-refractivity contribution in [1.82, 2.24) is 4.98 Å². The monoisotopic (exact) mass is 207 g/mol. The molecule has 0 heterocycles. The van der Waals surface area contributed by atoms with Crippen LogP contribution < -0.4 is 4.98 Å². The number of hydrogen-bond acceptors (Lipinski definition) is 1. The van der Waals surface area contributed by atoms with Gasteiger partial charge in [-0.1, -0.05) is 56.9 Å². The summed E-state index contributed by atoms with van der Waals surface area (Å²) in [6.07, 6.45) is 0. The van der Waals surface area contributed by atoms with Crippen LogP contribution in [0, 0.1) is 0 Å². The van der Waals surface area contributed by atoms with Crippen molar-refractivity contribution in [3.8, 4) is 0 Å². The predicted octanol–water partition coefficient (Wildman–Crippen LogP) is 3.21. The summed E-state index contributed by atoms with van der Waals surface area (Å²) < 4.78 is 0. The minimum Gasteiger partial charge on any atom is -0.337 e. The molecule has 0 saturated heterocycles. The molecule has 1 aromatic rings. The van der Waals surface area contributed by atoms with E-state index < -0.39 is 8.24 Å². The summed E-state index contributed by atoms with van der Waals surface area (Å²) in [4.78, 5) is 3.66. The third kappa shape index (κ3) is 4.07. The number of nitrogens with one attached hydrogen (secondary N) is 1. The molecule has 1 N–H and O–H groups in total. The van der Waals surface area contributed by atoms with E-state index in [1.54, 1.807) is 0 Å². The van der Waals surface area contributed by atoms with Gasteiger partial charge in [-0.3, -0.25) is 0 Å². The maximum absolute atomic E-state index is 3.66. The standard InChI is InChI=1S/C12H21NSi/c1-11(10-13-14(2,3)4)12-8-6-5-7-9-12/h5-9,11,13H,10H2,1-4H3. The van der Waals surface area contributed by atoms with Gasteiger partial charge in [-0.25, -0.2) is 0 Å². The molecule has 0 aliphatic carbocycles. The highest BCUT2D eigenvalue weighted by molar-refractivity contribution is 6.73. The van der Waals surface area contributed by atoms with E-state index in [0.717, 1.165) is 6.54 Å². The summed E-state index contributed by atoms with van der Waals surface area (Å²) in [5.41, 5.74) is 1.43. The Bertz CT molecular complexity index is 263. The highest BCUT2D eigenvalue weighted by Gasteiger charge is 2.14. The Morgan fingerprint density at radius 1 is 1.14 bits per heavy atom. The van der Waals surface area contributed by atoms with Crippen molar-refractivity contribution in [1.29, 1.82) is 0 Å². The Hall–Kier alpha value is -0.603. The van der Waals surface area contributed by atoms with Crippen molar-refractivity contribution in [3.63, 3.8) is 0 Å². The Morgan fingerprint density at radius 3 is 2.21 bits per heavy atom. The van der Waals surface area contributed by atoms with Gasteiger partial charge in [0.15, 0.2) is 0 Å². The maximum Gasteiger partial charge on any atom is 0.116 e. The summed E-state index contributed by atoms with van der Waals surface area (Å²) in [7, 11) is -1.10. The third-order valence-corrected chi connectivity index (χ3v) is 3.57. The van der Waals surface area contributed by atoms with Gasteiger partial charge in [-0.2, -0.15) is 0 Å². The zero-order chi connectivity index (χ0) is 10.6. The van der Waals surface area contributed by atoms with E-state index in [1.807, 2.05) is 0 Å². The van der Waals surface area contributed by atoms with Gasteiger partial charge in [0.25, 0.3) is 0 Å². The van der Waals surface area contributed by atoms with Gasteiger partial charge in [0, 0.05) is 0 Å². The molecule has 0 fully saturated rings. The first-order valence-electron chi connectivity index (χ1n) is 5.29. The molecule has 0 spiro atoms. The normalized spacial score (nSPS) is 14.0. The van der Waals surface area contributed by atoms with Crippen LogP contribution in [0.5, 0.6) is 0 Å². The molecule has 0 aliphatic heterocycles. The van der Waals surface area contributed by atoms with E-state index in [2.05, 4.69) is 61.9 Å². The van der Waals surface area contributed by atoms with Gasteiger partial charge < -0.3 is 4.98 Å². The van der Waals surface area contributed by atoms with Gasteiger partial charge in [0.05, 0.1) is 0 Å². The lowest BCUT2D eigenvalue weighted by atomic mass is 10.0. The van der Waals surface area contributed by atoms with Crippen molar-refractivity contribution in [2.24, 2.45) is 0 Å². The zero-order valence-electron chi connectivity index (χ0n) is 9.67. The van der Waals surface area contributed by atoms with Crippen LogP contribution in [0.3, 0.4) is 0 Å². The molecule has 0 bridgehead atoms. The first-order chi connectivity index (χ1) is 6.49. The number of benzene rings is 1. The summed E-state index contributed by atoms with van der Waals surface area (Å²) in [5, 5.41) is 0. The molecule has 0 radical (unpaired) electrons. The molecule has 78 valence electrons. The largest absolute Gasteiger partial charge is 0.337 e. The van der Waals surface area contributed by atoms with Crippen LogP contribution in [0.2, 0.25) is 19.6 Å². The van der Waals surface area contributed by atoms with Gasteiger partial charge in [0.2, 0.25) is 0 Å². The van der Waals surface area contributed by atoms with Crippen LogP contribution in [0.15, 0.2) is 30.3 Å². The summed E-state index contributed by atoms with van der Waals surface area (Å²) in [6, 6.07) is 10.7. The second kappa shape index (κ2) is 4.76. The van der Waals surface area contributed by atoms with Crippen LogP contribution >= 0.6 is 0 Å². The lowest BCUT2D eigenvalue weighted by molar-refractivity contribution is 0.721. The van der Waals surface area contributed by atoms with Crippen LogP contribution in [-0.2, 0) is 0 Å². The average Bonchev–Trinajstić information content (AvgIpc) is 2.14. The second-order valence-corrected chi connectivity index (χ2v) is 9.80. The van der Waals surface area contributed by atoms with E-state index in [0.29, 0.717) is 5.92 Å². The Balaban J connectivity index is 2.48. The molecule has 1 nitrogen and oxygen atoms in total. The topological polar surface area (TPSA) is 12.0 Å². The Morgan fingerprint density at radius 2 is 1.71 bits per heavy atom. The van der Waals surface area contributed by atoms with Crippen molar-refractivity contribution < 1.29 is 0 Å². The fourth-order valence-electron chi connectivity index (χ4n) is 1.36. The predicted molar refractivity (Wildman–Crippen MR) is 66.2 cm³/mol. The first-order valence-corrected chi connectivity index (χ1v) is 8.79. The Labute approximate surface area is 88.6 Å². The van der Waals surface area contributed by atoms with E-state index >= 15 is 0 Å². The van der Waals surface area contributed by atoms with Gasteiger partial charge >= 0.3 is 0 Å². The van der Waals surface area contributed by atoms with Crippen molar-refractivity contribution in [2.75, 3.05) is 6.54 Å². The second-order valence-electron chi connectivity index (χ2n) is 4.94. The van der Waals surface area contributed by atoms with E-state index in [9.17, 15) is 0 Å². The smallest absolute Gasteiger partial charge is 0.116 e. The third-order valence-electron chi connectivity index (χ3n) is 2.31. The maximum atomic E-state index is 3.66. The molecule has 0 aliphatic rings. The fourth-order valence-corrected chi connectivity index (χ4v) is 2.28. The lowest BCUT2D eigenvalue weighted by Crippen LogP contribution is -2.43. The highest BCUT2D eigenvalue weighted by Crippen LogP contribution is 2.13. The van der Waals surface area contributed by atoms with Crippen molar-refractivity contribution in [2.45, 2.75) is 32.5 Å². The molecule has 1 unspecified atom stereocenters. The molecule has 2 heteroatoms. The fraction of sp³-hybridized carbons (Fsp3) is 0.500.